The first-order valence-corrected chi connectivity index (χ1v) is 15.4. The zero-order valence-corrected chi connectivity index (χ0v) is 26.8. The van der Waals surface area contributed by atoms with E-state index in [2.05, 4.69) is 15.0 Å². The van der Waals surface area contributed by atoms with Gasteiger partial charge >= 0.3 is 12.1 Å². The predicted molar refractivity (Wildman–Crippen MR) is 163 cm³/mol. The van der Waals surface area contributed by atoms with Gasteiger partial charge in [0.1, 0.15) is 12.1 Å². The van der Waals surface area contributed by atoms with E-state index in [1.807, 2.05) is 24.3 Å². The maximum atomic E-state index is 14.7. The molecule has 0 aliphatic heterocycles. The molecule has 10 nitrogen and oxygen atoms in total. The van der Waals surface area contributed by atoms with Crippen molar-refractivity contribution in [1.82, 2.24) is 19.5 Å². The van der Waals surface area contributed by atoms with E-state index in [0.717, 1.165) is 36.9 Å². The van der Waals surface area contributed by atoms with Crippen molar-refractivity contribution >= 4 is 29.2 Å². The molecule has 256 valence electrons. The number of halogens is 5. The van der Waals surface area contributed by atoms with Crippen LogP contribution in [0.3, 0.4) is 0 Å². The van der Waals surface area contributed by atoms with Gasteiger partial charge in [0.2, 0.25) is 40.8 Å². The van der Waals surface area contributed by atoms with E-state index in [9.17, 15) is 31.5 Å². The van der Waals surface area contributed by atoms with Crippen LogP contribution in [0.4, 0.5) is 32.7 Å². The van der Waals surface area contributed by atoms with E-state index in [-0.39, 0.29) is 24.3 Å². The first-order chi connectivity index (χ1) is 22.8. The maximum absolute atomic E-state index is 14.7. The van der Waals surface area contributed by atoms with E-state index in [4.69, 9.17) is 14.2 Å². The Balaban J connectivity index is 1.62. The topological polar surface area (TPSA) is 109 Å². The largest absolute Gasteiger partial charge is 0.465 e. The fourth-order valence-electron chi connectivity index (χ4n) is 5.38. The first kappa shape index (κ1) is 34.5. The first-order valence-electron chi connectivity index (χ1n) is 15.4. The number of aromatic nitrogens is 4. The van der Waals surface area contributed by atoms with Crippen molar-refractivity contribution in [2.45, 2.75) is 84.4 Å². The molecule has 1 fully saturated rings. The van der Waals surface area contributed by atoms with E-state index in [1.165, 1.54) is 16.6 Å². The van der Waals surface area contributed by atoms with Crippen molar-refractivity contribution in [3.63, 3.8) is 0 Å². The second kappa shape index (κ2) is 14.1. The van der Waals surface area contributed by atoms with Crippen LogP contribution in [0.1, 0.15) is 76.8 Å². The fraction of sp³-hybridized carbons (Fsp3) is 0.424. The highest BCUT2D eigenvalue weighted by molar-refractivity contribution is 5.88. The van der Waals surface area contributed by atoms with Crippen molar-refractivity contribution in [3.8, 4) is 11.6 Å². The van der Waals surface area contributed by atoms with Crippen LogP contribution in [0.5, 0.6) is 11.6 Å². The van der Waals surface area contributed by atoms with Crippen LogP contribution in [0.15, 0.2) is 30.6 Å². The van der Waals surface area contributed by atoms with Gasteiger partial charge in [0.05, 0.1) is 19.5 Å². The summed E-state index contributed by atoms with van der Waals surface area (Å²) < 4.78 is 88.4. The summed E-state index contributed by atoms with van der Waals surface area (Å²) in [7, 11) is 0. The molecule has 1 aliphatic carbocycles. The van der Waals surface area contributed by atoms with Crippen LogP contribution in [0.25, 0.3) is 11.2 Å². The van der Waals surface area contributed by atoms with Gasteiger partial charge in [-0.2, -0.15) is 18.7 Å². The SMILES string of the molecule is CCOC(=O)Cn1cnc2c(Oc3c(F)c(F)c(F)c(F)c3F)nc(N(Cc3ccc(C4CCCCC4)cc3)C(=O)OC(C)(C)C)nc21. The number of hydrogen-bond donors (Lipinski definition) is 0. The number of amides is 1. The van der Waals surface area contributed by atoms with Crippen LogP contribution >= 0.6 is 0 Å². The van der Waals surface area contributed by atoms with Gasteiger partial charge in [0, 0.05) is 0 Å². The molecule has 48 heavy (non-hydrogen) atoms. The van der Waals surface area contributed by atoms with Gasteiger partial charge in [-0.15, -0.1) is 0 Å². The summed E-state index contributed by atoms with van der Waals surface area (Å²) in [6, 6.07) is 7.65. The van der Waals surface area contributed by atoms with E-state index < -0.39 is 70.9 Å². The number of carbonyl (C=O) groups excluding carboxylic acids is 2. The number of benzene rings is 2. The van der Waals surface area contributed by atoms with Crippen LogP contribution in [-0.2, 0) is 27.4 Å². The summed E-state index contributed by atoms with van der Waals surface area (Å²) in [5.74, 6) is -14.5. The van der Waals surface area contributed by atoms with Gasteiger partial charge in [0.15, 0.2) is 11.2 Å². The molecule has 0 N–H and O–H groups in total. The van der Waals surface area contributed by atoms with E-state index in [0.29, 0.717) is 11.5 Å². The molecule has 2 heterocycles. The number of esters is 1. The molecule has 2 aromatic heterocycles. The smallest absolute Gasteiger partial charge is 0.417 e. The fourth-order valence-corrected chi connectivity index (χ4v) is 5.38. The zero-order valence-electron chi connectivity index (χ0n) is 26.8. The number of imidazole rings is 1. The molecule has 1 aliphatic rings. The molecular weight excluding hydrogens is 641 g/mol. The lowest BCUT2D eigenvalue weighted by Gasteiger charge is -2.27. The Labute approximate surface area is 272 Å². The standard InChI is InChI=1S/C33H34F5N5O5/c1-5-46-21(44)16-42-17-39-27-29(42)40-31(41-30(27)47-28-25(37)23(35)22(34)24(36)26(28)38)43(32(45)48-33(2,3)4)15-18-11-13-20(14-12-18)19-9-7-6-8-10-19/h11-14,17,19H,5-10,15-16H2,1-4H3. The molecule has 15 heteroatoms. The summed E-state index contributed by atoms with van der Waals surface area (Å²) in [5.41, 5.74) is 0.346. The minimum atomic E-state index is -2.38. The van der Waals surface area contributed by atoms with Gasteiger partial charge in [-0.25, -0.2) is 27.8 Å². The molecule has 2 aromatic carbocycles. The summed E-state index contributed by atoms with van der Waals surface area (Å²) in [6.07, 6.45) is 5.88. The van der Waals surface area contributed by atoms with E-state index >= 15 is 0 Å². The number of hydrogen-bond acceptors (Lipinski definition) is 8. The Morgan fingerprint density at radius 3 is 2.15 bits per heavy atom. The van der Waals surface area contributed by atoms with Gasteiger partial charge < -0.3 is 18.8 Å². The molecule has 0 atom stereocenters. The molecule has 1 amide bonds. The Bertz CT molecular complexity index is 1790. The van der Waals surface area contributed by atoms with Crippen molar-refractivity contribution in [1.29, 1.82) is 0 Å². The second-order valence-corrected chi connectivity index (χ2v) is 12.3. The zero-order chi connectivity index (χ0) is 34.7. The predicted octanol–water partition coefficient (Wildman–Crippen LogP) is 7.87. The van der Waals surface area contributed by atoms with Crippen LogP contribution < -0.4 is 9.64 Å². The quantitative estimate of drug-likeness (QED) is 0.0764. The highest BCUT2D eigenvalue weighted by Crippen LogP contribution is 2.36. The van der Waals surface area contributed by atoms with Crippen LogP contribution in [-0.4, -0.2) is 43.8 Å². The molecule has 1 saturated carbocycles. The molecule has 0 bridgehead atoms. The average Bonchev–Trinajstić information content (AvgIpc) is 3.46. The summed E-state index contributed by atoms with van der Waals surface area (Å²) in [4.78, 5) is 39.6. The Hall–Kier alpha value is -4.82. The third-order valence-corrected chi connectivity index (χ3v) is 7.65. The molecule has 0 spiro atoms. The van der Waals surface area contributed by atoms with Crippen molar-refractivity contribution in [2.75, 3.05) is 11.5 Å². The number of carbonyl (C=O) groups is 2. The average molecular weight is 676 g/mol. The molecule has 4 aromatic rings. The van der Waals surface area contributed by atoms with Gasteiger partial charge in [-0.1, -0.05) is 43.5 Å². The number of ether oxygens (including phenoxy) is 3. The van der Waals surface area contributed by atoms with Gasteiger partial charge in [-0.05, 0) is 57.6 Å². The number of fused-ring (bicyclic) bond motifs is 1. The monoisotopic (exact) mass is 675 g/mol. The summed E-state index contributed by atoms with van der Waals surface area (Å²) in [5, 5.41) is 0. The van der Waals surface area contributed by atoms with Crippen molar-refractivity contribution in [3.05, 3.63) is 70.8 Å². The van der Waals surface area contributed by atoms with Gasteiger partial charge in [-0.3, -0.25) is 4.79 Å². The maximum Gasteiger partial charge on any atom is 0.417 e. The van der Waals surface area contributed by atoms with Crippen LogP contribution in [0, 0.1) is 29.1 Å². The van der Waals surface area contributed by atoms with Gasteiger partial charge in [0.25, 0.3) is 5.88 Å². The lowest BCUT2D eigenvalue weighted by molar-refractivity contribution is -0.143. The highest BCUT2D eigenvalue weighted by atomic mass is 19.2. The molecule has 0 radical (unpaired) electrons. The van der Waals surface area contributed by atoms with Crippen molar-refractivity contribution in [2.24, 2.45) is 0 Å². The number of nitrogens with zero attached hydrogens (tertiary/aromatic N) is 5. The molecule has 0 unspecified atom stereocenters. The molecule has 5 rings (SSSR count). The summed E-state index contributed by atoms with van der Waals surface area (Å²) >= 11 is 0. The minimum absolute atomic E-state index is 0.0618. The van der Waals surface area contributed by atoms with E-state index in [1.54, 1.807) is 27.7 Å². The highest BCUT2D eigenvalue weighted by Gasteiger charge is 2.32. The Morgan fingerprint density at radius 2 is 1.54 bits per heavy atom. The second-order valence-electron chi connectivity index (χ2n) is 12.3. The van der Waals surface area contributed by atoms with Crippen molar-refractivity contribution < 1.29 is 45.8 Å². The lowest BCUT2D eigenvalue weighted by atomic mass is 9.84. The lowest BCUT2D eigenvalue weighted by Crippen LogP contribution is -2.37. The normalized spacial score (nSPS) is 13.9. The molecule has 0 saturated heterocycles. The Morgan fingerprint density at radius 1 is 0.917 bits per heavy atom. The molecular formula is C33H34F5N5O5. The third kappa shape index (κ3) is 7.50. The third-order valence-electron chi connectivity index (χ3n) is 7.65. The number of rotatable bonds is 9. The van der Waals surface area contributed by atoms with Crippen LogP contribution in [0.2, 0.25) is 0 Å². The minimum Gasteiger partial charge on any atom is -0.465 e. The number of anilines is 1. The summed E-state index contributed by atoms with van der Waals surface area (Å²) in [6.45, 7) is 5.98. The Kier molecular flexibility index (Phi) is 10.2.